The van der Waals surface area contributed by atoms with Crippen LogP contribution in [0.25, 0.3) is 52.5 Å². The van der Waals surface area contributed by atoms with Crippen LogP contribution in [0.15, 0.2) is 47.2 Å². The highest BCUT2D eigenvalue weighted by Gasteiger charge is 2.18. The van der Waals surface area contributed by atoms with Crippen LogP contribution in [-0.2, 0) is 0 Å². The monoisotopic (exact) mass is 342 g/mol. The summed E-state index contributed by atoms with van der Waals surface area (Å²) in [6.07, 6.45) is 0. The Morgan fingerprint density at radius 2 is 0.958 bits per heavy atom. The first-order chi connectivity index (χ1) is 11.7. The quantitative estimate of drug-likeness (QED) is 0.249. The summed E-state index contributed by atoms with van der Waals surface area (Å²) in [4.78, 5) is 0. The molecular formula is C22H14S2. The normalized spacial score (nSPS) is 12.6. The standard InChI is InChI=1S/C22H14S2/c1-11-7-15-13-3-5-24-22(13)18-10-12(2)8-16-14-4-6-23-21(14)17(9-11)19(15)20(16)18/h3-10H,1-2H3. The topological polar surface area (TPSA) is 0 Å². The molecule has 0 fully saturated rings. The van der Waals surface area contributed by atoms with Gasteiger partial charge in [-0.1, -0.05) is 12.1 Å². The summed E-state index contributed by atoms with van der Waals surface area (Å²) in [7, 11) is 0. The van der Waals surface area contributed by atoms with Gasteiger partial charge in [0.25, 0.3) is 0 Å². The van der Waals surface area contributed by atoms with E-state index in [1.54, 1.807) is 0 Å². The van der Waals surface area contributed by atoms with Gasteiger partial charge in [0.15, 0.2) is 0 Å². The summed E-state index contributed by atoms with van der Waals surface area (Å²) in [6.45, 7) is 4.44. The molecule has 0 bridgehead atoms. The number of aryl methyl sites for hydroxylation is 2. The number of hydrogen-bond acceptors (Lipinski definition) is 2. The molecule has 0 unspecified atom stereocenters. The van der Waals surface area contributed by atoms with Gasteiger partial charge in [-0.15, -0.1) is 22.7 Å². The Morgan fingerprint density at radius 3 is 1.42 bits per heavy atom. The van der Waals surface area contributed by atoms with Crippen LogP contribution in [0.3, 0.4) is 0 Å². The fourth-order valence-electron chi connectivity index (χ4n) is 4.35. The van der Waals surface area contributed by atoms with Crippen molar-refractivity contribution in [3.63, 3.8) is 0 Å². The molecular weight excluding hydrogens is 328 g/mol. The van der Waals surface area contributed by atoms with Gasteiger partial charge < -0.3 is 0 Å². The molecule has 4 aromatic carbocycles. The fourth-order valence-corrected chi connectivity index (χ4v) is 6.22. The molecule has 0 saturated carbocycles. The van der Waals surface area contributed by atoms with Crippen molar-refractivity contribution in [2.24, 2.45) is 0 Å². The summed E-state index contributed by atoms with van der Waals surface area (Å²) in [5.41, 5.74) is 2.69. The first kappa shape index (κ1) is 13.2. The molecule has 24 heavy (non-hydrogen) atoms. The van der Waals surface area contributed by atoms with E-state index in [1.807, 2.05) is 22.7 Å². The molecule has 6 aromatic rings. The van der Waals surface area contributed by atoms with E-state index in [9.17, 15) is 0 Å². The van der Waals surface area contributed by atoms with Crippen molar-refractivity contribution >= 4 is 75.2 Å². The highest BCUT2D eigenvalue weighted by molar-refractivity contribution is 7.19. The van der Waals surface area contributed by atoms with Gasteiger partial charge in [0.1, 0.15) is 0 Å². The van der Waals surface area contributed by atoms with E-state index in [-0.39, 0.29) is 0 Å². The molecule has 2 heteroatoms. The first-order valence-electron chi connectivity index (χ1n) is 8.18. The van der Waals surface area contributed by atoms with Crippen molar-refractivity contribution in [2.75, 3.05) is 0 Å². The predicted molar refractivity (Wildman–Crippen MR) is 110 cm³/mol. The predicted octanol–water partition coefficient (Wildman–Crippen LogP) is 7.63. The Labute approximate surface area is 147 Å². The average Bonchev–Trinajstić information content (AvgIpc) is 3.23. The highest BCUT2D eigenvalue weighted by atomic mass is 32.1. The molecule has 0 aliphatic heterocycles. The highest BCUT2D eigenvalue weighted by Crippen LogP contribution is 2.47. The fraction of sp³-hybridized carbons (Fsp3) is 0.0909. The van der Waals surface area contributed by atoms with Crippen molar-refractivity contribution in [2.45, 2.75) is 13.8 Å². The van der Waals surface area contributed by atoms with E-state index in [1.165, 1.54) is 63.6 Å². The maximum Gasteiger partial charge on any atom is 0.0427 e. The van der Waals surface area contributed by atoms with E-state index < -0.39 is 0 Å². The number of benzene rings is 4. The van der Waals surface area contributed by atoms with Crippen LogP contribution < -0.4 is 0 Å². The number of hydrogen-bond donors (Lipinski definition) is 0. The first-order valence-corrected chi connectivity index (χ1v) is 9.94. The van der Waals surface area contributed by atoms with E-state index >= 15 is 0 Å². The Kier molecular flexibility index (Phi) is 2.34. The smallest absolute Gasteiger partial charge is 0.0427 e. The lowest BCUT2D eigenvalue weighted by Crippen LogP contribution is -1.88. The van der Waals surface area contributed by atoms with Crippen LogP contribution in [0, 0.1) is 13.8 Å². The number of thiophene rings is 2. The summed E-state index contributed by atoms with van der Waals surface area (Å²) >= 11 is 3.74. The van der Waals surface area contributed by atoms with Crippen molar-refractivity contribution < 1.29 is 0 Å². The second kappa shape index (κ2) is 4.27. The van der Waals surface area contributed by atoms with Crippen molar-refractivity contribution in [3.05, 3.63) is 58.3 Å². The lowest BCUT2D eigenvalue weighted by molar-refractivity contribution is 1.53. The van der Waals surface area contributed by atoms with Gasteiger partial charge in [-0.2, -0.15) is 0 Å². The summed E-state index contributed by atoms with van der Waals surface area (Å²) in [6, 6.07) is 14.1. The zero-order valence-corrected chi connectivity index (χ0v) is 15.1. The number of fused-ring (bicyclic) bond motifs is 6. The van der Waals surface area contributed by atoms with Gasteiger partial charge in [-0.25, -0.2) is 0 Å². The summed E-state index contributed by atoms with van der Waals surface area (Å²) in [5.74, 6) is 0. The molecule has 2 heterocycles. The zero-order chi connectivity index (χ0) is 16.0. The third-order valence-electron chi connectivity index (χ3n) is 5.22. The van der Waals surface area contributed by atoms with E-state index in [0.717, 1.165) is 0 Å². The molecule has 0 spiro atoms. The van der Waals surface area contributed by atoms with E-state index in [4.69, 9.17) is 0 Å². The van der Waals surface area contributed by atoms with Crippen LogP contribution >= 0.6 is 22.7 Å². The molecule has 0 amide bonds. The molecule has 6 rings (SSSR count). The minimum atomic E-state index is 1.35. The molecule has 0 atom stereocenters. The van der Waals surface area contributed by atoms with E-state index in [2.05, 4.69) is 61.0 Å². The molecule has 2 aromatic heterocycles. The maximum atomic E-state index is 2.37. The van der Waals surface area contributed by atoms with Gasteiger partial charge in [0.2, 0.25) is 0 Å². The Morgan fingerprint density at radius 1 is 0.542 bits per heavy atom. The summed E-state index contributed by atoms with van der Waals surface area (Å²) < 4.78 is 2.86. The molecule has 0 nitrogen and oxygen atoms in total. The van der Waals surface area contributed by atoms with Crippen LogP contribution in [0.4, 0.5) is 0 Å². The minimum absolute atomic E-state index is 1.35. The molecule has 0 N–H and O–H groups in total. The van der Waals surface area contributed by atoms with Crippen LogP contribution in [0.1, 0.15) is 11.1 Å². The van der Waals surface area contributed by atoms with Crippen molar-refractivity contribution in [1.82, 2.24) is 0 Å². The lowest BCUT2D eigenvalue weighted by Gasteiger charge is -2.16. The zero-order valence-electron chi connectivity index (χ0n) is 13.4. The largest absolute Gasteiger partial charge is 0.143 e. The summed E-state index contributed by atoms with van der Waals surface area (Å²) in [5, 5.41) is 15.9. The van der Waals surface area contributed by atoms with Gasteiger partial charge in [0, 0.05) is 30.9 Å². The third-order valence-corrected chi connectivity index (χ3v) is 7.11. The third kappa shape index (κ3) is 1.44. The minimum Gasteiger partial charge on any atom is -0.143 e. The maximum absolute atomic E-state index is 2.37. The molecule has 0 aliphatic carbocycles. The molecule has 0 aliphatic rings. The molecule has 0 radical (unpaired) electrons. The lowest BCUT2D eigenvalue weighted by atomic mass is 9.89. The van der Waals surface area contributed by atoms with Crippen LogP contribution in [0.2, 0.25) is 0 Å². The van der Waals surface area contributed by atoms with Gasteiger partial charge in [-0.3, -0.25) is 0 Å². The number of rotatable bonds is 0. The average molecular weight is 342 g/mol. The van der Waals surface area contributed by atoms with Gasteiger partial charge in [-0.05, 0) is 81.5 Å². The Bertz CT molecular complexity index is 1210. The molecule has 114 valence electrons. The van der Waals surface area contributed by atoms with E-state index in [0.29, 0.717) is 0 Å². The van der Waals surface area contributed by atoms with Crippen molar-refractivity contribution in [1.29, 1.82) is 0 Å². The molecule has 0 saturated heterocycles. The van der Waals surface area contributed by atoms with Crippen LogP contribution in [-0.4, -0.2) is 0 Å². The van der Waals surface area contributed by atoms with Gasteiger partial charge >= 0.3 is 0 Å². The Balaban J connectivity index is 2.17. The second-order valence-electron chi connectivity index (χ2n) is 6.80. The van der Waals surface area contributed by atoms with Crippen molar-refractivity contribution in [3.8, 4) is 0 Å². The second-order valence-corrected chi connectivity index (χ2v) is 8.63. The Hall–Kier alpha value is -2.16. The van der Waals surface area contributed by atoms with Crippen LogP contribution in [0.5, 0.6) is 0 Å². The SMILES string of the molecule is Cc1cc2c3ccsc3c3cc(C)cc4c5ccsc5c(c1)c2c43. The van der Waals surface area contributed by atoms with Gasteiger partial charge in [0.05, 0.1) is 0 Å².